The van der Waals surface area contributed by atoms with Crippen LogP contribution in [-0.4, -0.2) is 30.7 Å². The lowest BCUT2D eigenvalue weighted by molar-refractivity contribution is -0.143. The summed E-state index contributed by atoms with van der Waals surface area (Å²) in [5.41, 5.74) is 2.36. The van der Waals surface area contributed by atoms with Gasteiger partial charge in [-0.2, -0.15) is 0 Å². The molecule has 2 aromatic carbocycles. The normalized spacial score (nSPS) is 10.7. The average Bonchev–Trinajstić information content (AvgIpc) is 2.76. The van der Waals surface area contributed by atoms with E-state index in [1.165, 1.54) is 31.6 Å². The van der Waals surface area contributed by atoms with Crippen LogP contribution in [0.1, 0.15) is 25.0 Å². The van der Waals surface area contributed by atoms with Gasteiger partial charge in [-0.1, -0.05) is 6.07 Å². The van der Waals surface area contributed by atoms with E-state index >= 15 is 0 Å². The van der Waals surface area contributed by atoms with Crippen molar-refractivity contribution >= 4 is 22.7 Å². The number of benzene rings is 2. The van der Waals surface area contributed by atoms with Crippen LogP contribution in [0.15, 0.2) is 41.2 Å². The fourth-order valence-corrected chi connectivity index (χ4v) is 3.58. The number of rotatable bonds is 7. The van der Waals surface area contributed by atoms with E-state index in [4.69, 9.17) is 18.9 Å². The van der Waals surface area contributed by atoms with Crippen LogP contribution in [0.3, 0.4) is 0 Å². The zero-order chi connectivity index (χ0) is 23.4. The number of methoxy groups -OCH3 is 2. The van der Waals surface area contributed by atoms with E-state index in [2.05, 4.69) is 0 Å². The fraction of sp³-hybridized carbons (Fsp3) is 0.292. The van der Waals surface area contributed by atoms with Gasteiger partial charge in [0.25, 0.3) is 5.56 Å². The summed E-state index contributed by atoms with van der Waals surface area (Å²) in [7, 11) is 4.75. The Morgan fingerprint density at radius 2 is 1.53 bits per heavy atom. The molecule has 0 spiro atoms. The number of carbonyl (C=O) groups is 2. The molecule has 0 radical (unpaired) electrons. The first-order chi connectivity index (χ1) is 15.3. The zero-order valence-corrected chi connectivity index (χ0v) is 18.7. The summed E-state index contributed by atoms with van der Waals surface area (Å²) >= 11 is 0. The third kappa shape index (κ3) is 4.59. The second kappa shape index (κ2) is 9.55. The molecule has 0 fully saturated rings. The highest BCUT2D eigenvalue weighted by molar-refractivity contribution is 6.00. The van der Waals surface area contributed by atoms with Gasteiger partial charge in [-0.3, -0.25) is 14.4 Å². The molecular weight excluding hydrogens is 414 g/mol. The van der Waals surface area contributed by atoms with Crippen LogP contribution in [0.2, 0.25) is 0 Å². The molecule has 0 saturated heterocycles. The predicted molar refractivity (Wildman–Crippen MR) is 119 cm³/mol. The number of ether oxygens (including phenoxy) is 4. The van der Waals surface area contributed by atoms with Crippen molar-refractivity contribution in [2.24, 2.45) is 7.05 Å². The van der Waals surface area contributed by atoms with Crippen molar-refractivity contribution in [1.82, 2.24) is 4.57 Å². The lowest BCUT2D eigenvalue weighted by Gasteiger charge is -2.21. The minimum Gasteiger partial charge on any atom is -0.493 e. The van der Waals surface area contributed by atoms with Gasteiger partial charge >= 0.3 is 11.9 Å². The third-order valence-electron chi connectivity index (χ3n) is 5.14. The van der Waals surface area contributed by atoms with Crippen LogP contribution in [0, 0.1) is 0 Å². The first kappa shape index (κ1) is 22.9. The Labute approximate surface area is 185 Å². The average molecular weight is 439 g/mol. The number of fused-ring (bicyclic) bond motifs is 1. The zero-order valence-electron chi connectivity index (χ0n) is 18.7. The molecule has 1 aromatic heterocycles. The SMILES string of the molecule is COc1cc2cc(COC(C)=O)c(COC(C)=O)c(-c3cccc(=O)n3C)c2cc1OC. The maximum Gasteiger partial charge on any atom is 0.302 e. The van der Waals surface area contributed by atoms with Crippen molar-refractivity contribution < 1.29 is 28.5 Å². The van der Waals surface area contributed by atoms with Gasteiger partial charge in [0.15, 0.2) is 11.5 Å². The second-order valence-corrected chi connectivity index (χ2v) is 7.19. The number of pyridine rings is 1. The van der Waals surface area contributed by atoms with Crippen LogP contribution < -0.4 is 15.0 Å². The van der Waals surface area contributed by atoms with Gasteiger partial charge in [-0.15, -0.1) is 0 Å². The molecule has 0 bridgehead atoms. The number of hydrogen-bond donors (Lipinski definition) is 0. The van der Waals surface area contributed by atoms with Crippen LogP contribution >= 0.6 is 0 Å². The van der Waals surface area contributed by atoms with Gasteiger partial charge in [0.1, 0.15) is 13.2 Å². The summed E-state index contributed by atoms with van der Waals surface area (Å²) in [5, 5.41) is 1.54. The van der Waals surface area contributed by atoms with E-state index in [1.807, 2.05) is 18.2 Å². The van der Waals surface area contributed by atoms with Gasteiger partial charge in [0.05, 0.1) is 19.9 Å². The molecule has 8 nitrogen and oxygen atoms in total. The summed E-state index contributed by atoms with van der Waals surface area (Å²) < 4.78 is 23.0. The molecule has 1 heterocycles. The molecule has 168 valence electrons. The second-order valence-electron chi connectivity index (χ2n) is 7.19. The quantitative estimate of drug-likeness (QED) is 0.521. The largest absolute Gasteiger partial charge is 0.493 e. The van der Waals surface area contributed by atoms with Crippen molar-refractivity contribution in [3.05, 3.63) is 57.9 Å². The molecule has 3 aromatic rings. The van der Waals surface area contributed by atoms with E-state index in [0.29, 0.717) is 33.9 Å². The topological polar surface area (TPSA) is 93.1 Å². The highest BCUT2D eigenvalue weighted by atomic mass is 16.5. The molecule has 0 amide bonds. The molecule has 8 heteroatoms. The summed E-state index contributed by atoms with van der Waals surface area (Å²) in [5.74, 6) is 0.140. The van der Waals surface area contributed by atoms with Gasteiger partial charge < -0.3 is 23.5 Å². The maximum absolute atomic E-state index is 12.4. The molecule has 0 saturated carbocycles. The smallest absolute Gasteiger partial charge is 0.302 e. The van der Waals surface area contributed by atoms with Gasteiger partial charge in [0.2, 0.25) is 0 Å². The van der Waals surface area contributed by atoms with Gasteiger partial charge in [-0.05, 0) is 40.6 Å². The monoisotopic (exact) mass is 439 g/mol. The van der Waals surface area contributed by atoms with E-state index in [9.17, 15) is 14.4 Å². The summed E-state index contributed by atoms with van der Waals surface area (Å²) in [4.78, 5) is 35.5. The minimum atomic E-state index is -0.455. The molecule has 32 heavy (non-hydrogen) atoms. The Morgan fingerprint density at radius 3 is 2.16 bits per heavy atom. The predicted octanol–water partition coefficient (Wildman–Crippen LogP) is 3.35. The summed E-state index contributed by atoms with van der Waals surface area (Å²) in [6.45, 7) is 2.56. The Kier molecular flexibility index (Phi) is 6.82. The van der Waals surface area contributed by atoms with Crippen molar-refractivity contribution in [2.75, 3.05) is 14.2 Å². The van der Waals surface area contributed by atoms with E-state index in [0.717, 1.165) is 10.8 Å². The molecule has 0 N–H and O–H groups in total. The molecular formula is C24H25NO7. The number of hydrogen-bond acceptors (Lipinski definition) is 7. The number of esters is 2. The highest BCUT2D eigenvalue weighted by Crippen LogP contribution is 2.40. The Balaban J connectivity index is 2.45. The van der Waals surface area contributed by atoms with Crippen LogP contribution in [-0.2, 0) is 39.3 Å². The standard InChI is InChI=1S/C24H25NO7/c1-14(26)31-12-17-9-16-10-21(29-4)22(30-5)11-18(16)24(19(17)13-32-15(2)27)20-7-6-8-23(28)25(20)3/h6-11H,12-13H2,1-5H3. The Hall–Kier alpha value is -3.81. The van der Waals surface area contributed by atoms with Crippen molar-refractivity contribution in [3.63, 3.8) is 0 Å². The molecule has 0 aliphatic rings. The molecule has 0 atom stereocenters. The fourth-order valence-electron chi connectivity index (χ4n) is 3.58. The van der Waals surface area contributed by atoms with Gasteiger partial charge in [0, 0.05) is 38.1 Å². The lowest BCUT2D eigenvalue weighted by atomic mass is 9.91. The first-order valence-electron chi connectivity index (χ1n) is 9.90. The van der Waals surface area contributed by atoms with Crippen molar-refractivity contribution in [1.29, 1.82) is 0 Å². The number of carbonyl (C=O) groups excluding carboxylic acids is 2. The highest BCUT2D eigenvalue weighted by Gasteiger charge is 2.21. The Bertz CT molecular complexity index is 1240. The molecule has 0 aliphatic carbocycles. The molecule has 0 unspecified atom stereocenters. The third-order valence-corrected chi connectivity index (χ3v) is 5.14. The van der Waals surface area contributed by atoms with Crippen molar-refractivity contribution in [3.8, 4) is 22.8 Å². The lowest BCUT2D eigenvalue weighted by Crippen LogP contribution is -2.18. The van der Waals surface area contributed by atoms with E-state index in [1.54, 1.807) is 26.3 Å². The summed E-state index contributed by atoms with van der Waals surface area (Å²) in [6.07, 6.45) is 0. The minimum absolute atomic E-state index is 0.0238. The number of aromatic nitrogens is 1. The Morgan fingerprint density at radius 1 is 0.906 bits per heavy atom. The molecule has 3 rings (SSSR count). The van der Waals surface area contributed by atoms with E-state index in [-0.39, 0.29) is 18.8 Å². The van der Waals surface area contributed by atoms with Gasteiger partial charge in [-0.25, -0.2) is 0 Å². The van der Waals surface area contributed by atoms with Crippen LogP contribution in [0.4, 0.5) is 0 Å². The molecule has 0 aliphatic heterocycles. The van der Waals surface area contributed by atoms with Crippen LogP contribution in [0.25, 0.3) is 22.0 Å². The summed E-state index contributed by atoms with van der Waals surface area (Å²) in [6, 6.07) is 10.4. The maximum atomic E-state index is 12.4. The van der Waals surface area contributed by atoms with E-state index < -0.39 is 11.9 Å². The van der Waals surface area contributed by atoms with Crippen LogP contribution in [0.5, 0.6) is 11.5 Å². The van der Waals surface area contributed by atoms with Crippen molar-refractivity contribution in [2.45, 2.75) is 27.1 Å². The first-order valence-corrected chi connectivity index (χ1v) is 9.90. The number of nitrogens with zero attached hydrogens (tertiary/aromatic N) is 1.